The second kappa shape index (κ2) is 7.44. The van der Waals surface area contributed by atoms with Gasteiger partial charge in [-0.15, -0.1) is 0 Å². The number of amides is 1. The third-order valence-corrected chi connectivity index (χ3v) is 3.46. The minimum absolute atomic E-state index is 0.114. The summed E-state index contributed by atoms with van der Waals surface area (Å²) in [4.78, 5) is 23.9. The zero-order valence-corrected chi connectivity index (χ0v) is 13.5. The van der Waals surface area contributed by atoms with Crippen molar-refractivity contribution in [2.75, 3.05) is 11.9 Å². The Kier molecular flexibility index (Phi) is 5.58. The summed E-state index contributed by atoms with van der Waals surface area (Å²) in [5.74, 6) is -2.02. The van der Waals surface area contributed by atoms with E-state index in [1.165, 1.54) is 30.3 Å². The van der Waals surface area contributed by atoms with Crippen molar-refractivity contribution >= 4 is 40.8 Å². The van der Waals surface area contributed by atoms with Crippen LogP contribution in [-0.4, -0.2) is 18.5 Å². The second-order valence-electron chi connectivity index (χ2n) is 4.49. The Hall–Kier alpha value is -2.11. The van der Waals surface area contributed by atoms with Gasteiger partial charge in [0.1, 0.15) is 5.82 Å². The molecule has 0 spiro atoms. The van der Waals surface area contributed by atoms with Crippen LogP contribution < -0.4 is 5.32 Å². The Morgan fingerprint density at radius 2 is 1.87 bits per heavy atom. The molecule has 0 saturated carbocycles. The first-order valence-electron chi connectivity index (χ1n) is 6.65. The maximum atomic E-state index is 13.7. The predicted molar refractivity (Wildman–Crippen MR) is 86.8 cm³/mol. The number of hydrogen-bond acceptors (Lipinski definition) is 3. The molecular formula is C16H12Cl2FNO3. The minimum Gasteiger partial charge on any atom is -0.462 e. The first-order chi connectivity index (χ1) is 10.9. The van der Waals surface area contributed by atoms with Gasteiger partial charge in [0.25, 0.3) is 5.91 Å². The molecule has 0 bridgehead atoms. The molecule has 1 amide bonds. The lowest BCUT2D eigenvalue weighted by atomic mass is 10.1. The molecule has 0 unspecified atom stereocenters. The van der Waals surface area contributed by atoms with Crippen LogP contribution >= 0.6 is 23.2 Å². The summed E-state index contributed by atoms with van der Waals surface area (Å²) < 4.78 is 18.6. The van der Waals surface area contributed by atoms with E-state index in [0.717, 1.165) is 6.07 Å². The van der Waals surface area contributed by atoms with Gasteiger partial charge in [-0.05, 0) is 43.3 Å². The number of rotatable bonds is 4. The van der Waals surface area contributed by atoms with E-state index in [9.17, 15) is 14.0 Å². The van der Waals surface area contributed by atoms with Gasteiger partial charge in [0, 0.05) is 10.7 Å². The Morgan fingerprint density at radius 3 is 2.52 bits per heavy atom. The van der Waals surface area contributed by atoms with E-state index in [1.54, 1.807) is 6.92 Å². The van der Waals surface area contributed by atoms with Crippen LogP contribution in [0.3, 0.4) is 0 Å². The highest BCUT2D eigenvalue weighted by Crippen LogP contribution is 2.23. The molecule has 0 aromatic heterocycles. The molecule has 0 aliphatic rings. The molecule has 120 valence electrons. The van der Waals surface area contributed by atoms with Gasteiger partial charge in [0.05, 0.1) is 22.8 Å². The first kappa shape index (κ1) is 17.2. The summed E-state index contributed by atoms with van der Waals surface area (Å²) in [5, 5.41) is 2.88. The van der Waals surface area contributed by atoms with Crippen molar-refractivity contribution in [1.29, 1.82) is 0 Å². The van der Waals surface area contributed by atoms with Gasteiger partial charge in [-0.25, -0.2) is 9.18 Å². The molecule has 4 nitrogen and oxygen atoms in total. The molecule has 0 aliphatic heterocycles. The van der Waals surface area contributed by atoms with Crippen molar-refractivity contribution in [3.05, 3.63) is 63.4 Å². The molecule has 0 fully saturated rings. The van der Waals surface area contributed by atoms with Crippen LogP contribution in [-0.2, 0) is 4.74 Å². The molecule has 0 heterocycles. The number of ether oxygens (including phenoxy) is 1. The Morgan fingerprint density at radius 1 is 1.13 bits per heavy atom. The SMILES string of the molecule is CCOC(=O)c1cc(NC(=O)c2ccc(Cl)cc2F)ccc1Cl. The zero-order valence-electron chi connectivity index (χ0n) is 12.0. The van der Waals surface area contributed by atoms with Crippen LogP contribution in [0.4, 0.5) is 10.1 Å². The molecule has 2 aromatic rings. The third kappa shape index (κ3) is 4.21. The highest BCUT2D eigenvalue weighted by Gasteiger charge is 2.15. The lowest BCUT2D eigenvalue weighted by molar-refractivity contribution is 0.0526. The van der Waals surface area contributed by atoms with Gasteiger partial charge in [0.2, 0.25) is 0 Å². The molecule has 0 saturated heterocycles. The van der Waals surface area contributed by atoms with Gasteiger partial charge in [-0.3, -0.25) is 4.79 Å². The van der Waals surface area contributed by atoms with E-state index in [-0.39, 0.29) is 33.5 Å². The number of esters is 1. The van der Waals surface area contributed by atoms with Crippen LogP contribution in [0.5, 0.6) is 0 Å². The summed E-state index contributed by atoms with van der Waals surface area (Å²) in [5.41, 5.74) is 0.238. The number of carbonyl (C=O) groups excluding carboxylic acids is 2. The summed E-state index contributed by atoms with van der Waals surface area (Å²) >= 11 is 11.6. The maximum Gasteiger partial charge on any atom is 0.339 e. The zero-order chi connectivity index (χ0) is 17.0. The van der Waals surface area contributed by atoms with Crippen molar-refractivity contribution in [2.45, 2.75) is 6.92 Å². The Balaban J connectivity index is 2.24. The molecule has 0 atom stereocenters. The fourth-order valence-electron chi connectivity index (χ4n) is 1.84. The summed E-state index contributed by atoms with van der Waals surface area (Å²) in [6.07, 6.45) is 0. The largest absolute Gasteiger partial charge is 0.462 e. The first-order valence-corrected chi connectivity index (χ1v) is 7.41. The van der Waals surface area contributed by atoms with E-state index in [4.69, 9.17) is 27.9 Å². The molecule has 2 rings (SSSR count). The van der Waals surface area contributed by atoms with Gasteiger partial charge >= 0.3 is 5.97 Å². The monoisotopic (exact) mass is 355 g/mol. The van der Waals surface area contributed by atoms with Crippen molar-refractivity contribution in [2.24, 2.45) is 0 Å². The third-order valence-electron chi connectivity index (χ3n) is 2.90. The molecule has 1 N–H and O–H groups in total. The summed E-state index contributed by atoms with van der Waals surface area (Å²) in [7, 11) is 0. The van der Waals surface area contributed by atoms with Crippen LogP contribution in [0.25, 0.3) is 0 Å². The average molecular weight is 356 g/mol. The van der Waals surface area contributed by atoms with E-state index in [1.807, 2.05) is 0 Å². The van der Waals surface area contributed by atoms with Crippen molar-refractivity contribution < 1.29 is 18.7 Å². The number of carbonyl (C=O) groups is 2. The van der Waals surface area contributed by atoms with Crippen molar-refractivity contribution in [1.82, 2.24) is 0 Å². The summed E-state index contributed by atoms with van der Waals surface area (Å²) in [6, 6.07) is 8.04. The van der Waals surface area contributed by atoms with Crippen LogP contribution in [0, 0.1) is 5.82 Å². The fraction of sp³-hybridized carbons (Fsp3) is 0.125. The smallest absolute Gasteiger partial charge is 0.339 e. The van der Waals surface area contributed by atoms with Crippen LogP contribution in [0.15, 0.2) is 36.4 Å². The Labute approximate surface area is 142 Å². The standard InChI is InChI=1S/C16H12Cl2FNO3/c1-2-23-16(22)12-8-10(4-6-13(12)18)20-15(21)11-5-3-9(17)7-14(11)19/h3-8H,2H2,1H3,(H,20,21). The van der Waals surface area contributed by atoms with E-state index in [0.29, 0.717) is 0 Å². The molecule has 0 aliphatic carbocycles. The molecule has 0 radical (unpaired) electrons. The van der Waals surface area contributed by atoms with Crippen LogP contribution in [0.2, 0.25) is 10.0 Å². The number of hydrogen-bond donors (Lipinski definition) is 1. The molecule has 23 heavy (non-hydrogen) atoms. The van der Waals surface area contributed by atoms with Gasteiger partial charge in [-0.2, -0.15) is 0 Å². The number of nitrogens with one attached hydrogen (secondary N) is 1. The van der Waals surface area contributed by atoms with Crippen LogP contribution in [0.1, 0.15) is 27.6 Å². The lowest BCUT2D eigenvalue weighted by Gasteiger charge is -2.09. The number of benzene rings is 2. The Bertz CT molecular complexity index is 765. The second-order valence-corrected chi connectivity index (χ2v) is 5.34. The summed E-state index contributed by atoms with van der Waals surface area (Å²) in [6.45, 7) is 1.86. The van der Waals surface area contributed by atoms with Gasteiger partial charge < -0.3 is 10.1 Å². The van der Waals surface area contributed by atoms with Gasteiger partial charge in [0.15, 0.2) is 0 Å². The van der Waals surface area contributed by atoms with E-state index < -0.39 is 17.7 Å². The van der Waals surface area contributed by atoms with E-state index in [2.05, 4.69) is 5.32 Å². The quantitative estimate of drug-likeness (QED) is 0.817. The highest BCUT2D eigenvalue weighted by atomic mass is 35.5. The number of anilines is 1. The minimum atomic E-state index is -0.741. The van der Waals surface area contributed by atoms with Crippen molar-refractivity contribution in [3.63, 3.8) is 0 Å². The maximum absolute atomic E-state index is 13.7. The fourth-order valence-corrected chi connectivity index (χ4v) is 2.19. The average Bonchev–Trinajstić information content (AvgIpc) is 2.49. The highest BCUT2D eigenvalue weighted by molar-refractivity contribution is 6.33. The normalized spacial score (nSPS) is 10.3. The number of halogens is 3. The van der Waals surface area contributed by atoms with Gasteiger partial charge in [-0.1, -0.05) is 23.2 Å². The van der Waals surface area contributed by atoms with Crippen molar-refractivity contribution in [3.8, 4) is 0 Å². The van der Waals surface area contributed by atoms with E-state index >= 15 is 0 Å². The topological polar surface area (TPSA) is 55.4 Å². The predicted octanol–water partition coefficient (Wildman–Crippen LogP) is 4.56. The molecular weight excluding hydrogens is 344 g/mol. The lowest BCUT2D eigenvalue weighted by Crippen LogP contribution is -2.14. The molecule has 7 heteroatoms. The molecule has 2 aromatic carbocycles.